The highest BCUT2D eigenvalue weighted by Crippen LogP contribution is 2.29. The number of hydrogen-bond donors (Lipinski definition) is 4. The normalized spacial score (nSPS) is 19.2. The molecule has 1 amide bonds. The van der Waals surface area contributed by atoms with Crippen LogP contribution in [0.25, 0.3) is 0 Å². The van der Waals surface area contributed by atoms with Gasteiger partial charge < -0.3 is 26.0 Å². The Morgan fingerprint density at radius 3 is 2.31 bits per heavy atom. The Kier molecular flexibility index (Phi) is 9.80. The van der Waals surface area contributed by atoms with Crippen LogP contribution in [-0.2, 0) is 9.59 Å². The standard InChI is InChI=1S/C18H26ClN3O2.C4H4O4/c1-24-17-10-16(20)15(19)9-14(17)18(23)21-12-7-8-22(11-12)13-5-3-2-4-6-13;5-3(6)1-2-4(7)8/h9-10,12-13H,2-8,11,20H2,1H3,(H,21,23);1-2H,(H,5,6)(H,7,8). The number of hydrogen-bond acceptors (Lipinski definition) is 6. The van der Waals surface area contributed by atoms with Crippen molar-refractivity contribution in [3.05, 3.63) is 34.9 Å². The Balaban J connectivity index is 0.000000390. The second-order valence-electron chi connectivity index (χ2n) is 7.83. The fourth-order valence-electron chi connectivity index (χ4n) is 4.00. The predicted molar refractivity (Wildman–Crippen MR) is 121 cm³/mol. The molecule has 1 unspecified atom stereocenters. The molecule has 1 aliphatic heterocycles. The van der Waals surface area contributed by atoms with E-state index in [4.69, 9.17) is 32.3 Å². The fourth-order valence-corrected chi connectivity index (χ4v) is 4.17. The molecule has 1 saturated carbocycles. The Bertz CT molecular complexity index is 838. The summed E-state index contributed by atoms with van der Waals surface area (Å²) in [6.45, 7) is 2.00. The monoisotopic (exact) mass is 467 g/mol. The van der Waals surface area contributed by atoms with Crippen molar-refractivity contribution in [2.75, 3.05) is 25.9 Å². The number of nitrogens with two attached hydrogens (primary N) is 1. The van der Waals surface area contributed by atoms with Gasteiger partial charge in [0.2, 0.25) is 0 Å². The molecule has 0 bridgehead atoms. The summed E-state index contributed by atoms with van der Waals surface area (Å²) in [6.07, 6.45) is 8.73. The number of benzene rings is 1. The maximum Gasteiger partial charge on any atom is 0.328 e. The van der Waals surface area contributed by atoms with E-state index >= 15 is 0 Å². The quantitative estimate of drug-likeness (QED) is 0.369. The Labute approximate surface area is 192 Å². The van der Waals surface area contributed by atoms with E-state index in [-0.39, 0.29) is 11.9 Å². The molecule has 2 fully saturated rings. The van der Waals surface area contributed by atoms with Gasteiger partial charge in [0.1, 0.15) is 5.75 Å². The van der Waals surface area contributed by atoms with E-state index in [0.29, 0.717) is 40.2 Å². The first-order valence-corrected chi connectivity index (χ1v) is 10.9. The maximum absolute atomic E-state index is 12.6. The highest BCUT2D eigenvalue weighted by Gasteiger charge is 2.30. The zero-order chi connectivity index (χ0) is 23.7. The number of carbonyl (C=O) groups is 3. The maximum atomic E-state index is 12.6. The summed E-state index contributed by atoms with van der Waals surface area (Å²) in [5.74, 6) is -2.21. The van der Waals surface area contributed by atoms with E-state index in [1.807, 2.05) is 0 Å². The summed E-state index contributed by atoms with van der Waals surface area (Å²) in [7, 11) is 1.53. The molecule has 1 aliphatic carbocycles. The average Bonchev–Trinajstić information content (AvgIpc) is 3.23. The van der Waals surface area contributed by atoms with Crippen molar-refractivity contribution in [1.82, 2.24) is 10.2 Å². The molecular weight excluding hydrogens is 438 g/mol. The summed E-state index contributed by atoms with van der Waals surface area (Å²) in [6, 6.07) is 4.06. The van der Waals surface area contributed by atoms with Gasteiger partial charge in [-0.3, -0.25) is 9.69 Å². The van der Waals surface area contributed by atoms with Gasteiger partial charge in [0.25, 0.3) is 5.91 Å². The Morgan fingerprint density at radius 1 is 1.12 bits per heavy atom. The number of aliphatic carboxylic acids is 2. The van der Waals surface area contributed by atoms with E-state index in [1.54, 1.807) is 12.1 Å². The van der Waals surface area contributed by atoms with Crippen molar-refractivity contribution >= 4 is 35.1 Å². The molecule has 176 valence electrons. The number of nitrogens with zero attached hydrogens (tertiary/aromatic N) is 1. The van der Waals surface area contributed by atoms with Crippen LogP contribution in [0.4, 0.5) is 5.69 Å². The first-order chi connectivity index (χ1) is 15.2. The zero-order valence-electron chi connectivity index (χ0n) is 18.1. The third-order valence-corrected chi connectivity index (χ3v) is 5.91. The van der Waals surface area contributed by atoms with Crippen molar-refractivity contribution in [2.45, 2.75) is 50.6 Å². The van der Waals surface area contributed by atoms with Crippen LogP contribution in [0.15, 0.2) is 24.3 Å². The number of amides is 1. The van der Waals surface area contributed by atoms with Crippen LogP contribution >= 0.6 is 11.6 Å². The zero-order valence-corrected chi connectivity index (χ0v) is 18.8. The average molecular weight is 468 g/mol. The van der Waals surface area contributed by atoms with Crippen LogP contribution in [0.1, 0.15) is 48.9 Å². The van der Waals surface area contributed by atoms with E-state index in [0.717, 1.165) is 19.5 Å². The van der Waals surface area contributed by atoms with Gasteiger partial charge in [-0.1, -0.05) is 30.9 Å². The topological polar surface area (TPSA) is 142 Å². The minimum Gasteiger partial charge on any atom is -0.496 e. The van der Waals surface area contributed by atoms with Gasteiger partial charge >= 0.3 is 11.9 Å². The molecule has 9 nitrogen and oxygen atoms in total. The number of carbonyl (C=O) groups excluding carboxylic acids is 1. The number of nitrogens with one attached hydrogen (secondary N) is 1. The van der Waals surface area contributed by atoms with Crippen LogP contribution in [0.3, 0.4) is 0 Å². The van der Waals surface area contributed by atoms with E-state index in [2.05, 4.69) is 10.2 Å². The number of likely N-dealkylation sites (tertiary alicyclic amines) is 1. The van der Waals surface area contributed by atoms with E-state index in [1.165, 1.54) is 39.2 Å². The number of carboxylic acid groups (broad SMARTS) is 2. The Hall–Kier alpha value is -2.78. The molecule has 0 radical (unpaired) electrons. The van der Waals surface area contributed by atoms with Crippen LogP contribution in [0.2, 0.25) is 5.02 Å². The SMILES string of the molecule is COc1cc(N)c(Cl)cc1C(=O)NC1CCN(C2CCCCC2)C1.O=C(O)C=CC(=O)O. The second kappa shape index (κ2) is 12.3. The molecular formula is C22H30ClN3O6. The molecule has 0 spiro atoms. The van der Waals surface area contributed by atoms with Crippen LogP contribution in [-0.4, -0.2) is 65.2 Å². The number of halogens is 1. The van der Waals surface area contributed by atoms with Crippen molar-refractivity contribution in [3.63, 3.8) is 0 Å². The third kappa shape index (κ3) is 7.72. The first kappa shape index (κ1) is 25.5. The summed E-state index contributed by atoms with van der Waals surface area (Å²) < 4.78 is 5.27. The van der Waals surface area contributed by atoms with Crippen molar-refractivity contribution in [1.29, 1.82) is 0 Å². The number of anilines is 1. The molecule has 1 aromatic carbocycles. The summed E-state index contributed by atoms with van der Waals surface area (Å²) in [5.41, 5.74) is 6.63. The highest BCUT2D eigenvalue weighted by atomic mass is 35.5. The largest absolute Gasteiger partial charge is 0.496 e. The lowest BCUT2D eigenvalue weighted by Crippen LogP contribution is -2.40. The molecule has 3 rings (SSSR count). The van der Waals surface area contributed by atoms with Gasteiger partial charge in [-0.2, -0.15) is 0 Å². The lowest BCUT2D eigenvalue weighted by Gasteiger charge is -2.31. The van der Waals surface area contributed by atoms with Gasteiger partial charge in [-0.05, 0) is 25.3 Å². The van der Waals surface area contributed by atoms with E-state index < -0.39 is 11.9 Å². The van der Waals surface area contributed by atoms with Gasteiger partial charge in [0.05, 0.1) is 23.4 Å². The number of methoxy groups -OCH3 is 1. The summed E-state index contributed by atoms with van der Waals surface area (Å²) >= 11 is 6.06. The lowest BCUT2D eigenvalue weighted by atomic mass is 9.94. The summed E-state index contributed by atoms with van der Waals surface area (Å²) in [4.78, 5) is 34.3. The molecule has 1 heterocycles. The van der Waals surface area contributed by atoms with Crippen LogP contribution < -0.4 is 15.8 Å². The number of rotatable bonds is 6. The highest BCUT2D eigenvalue weighted by molar-refractivity contribution is 6.33. The number of nitrogen functional groups attached to an aromatic ring is 1. The van der Waals surface area contributed by atoms with Gasteiger partial charge in [0.15, 0.2) is 0 Å². The molecule has 2 aliphatic rings. The predicted octanol–water partition coefficient (Wildman–Crippen LogP) is 2.78. The number of ether oxygens (including phenoxy) is 1. The van der Waals surface area contributed by atoms with E-state index in [9.17, 15) is 14.4 Å². The van der Waals surface area contributed by atoms with Crippen LogP contribution in [0.5, 0.6) is 5.75 Å². The van der Waals surface area contributed by atoms with Crippen molar-refractivity contribution in [3.8, 4) is 5.75 Å². The third-order valence-electron chi connectivity index (χ3n) is 5.58. The molecule has 10 heteroatoms. The van der Waals surface area contributed by atoms with Crippen molar-refractivity contribution < 1.29 is 29.3 Å². The smallest absolute Gasteiger partial charge is 0.328 e. The first-order valence-electron chi connectivity index (χ1n) is 10.5. The minimum atomic E-state index is -1.26. The molecule has 0 aromatic heterocycles. The molecule has 1 aromatic rings. The molecule has 32 heavy (non-hydrogen) atoms. The second-order valence-corrected chi connectivity index (χ2v) is 8.24. The molecule has 1 atom stereocenters. The van der Waals surface area contributed by atoms with Crippen molar-refractivity contribution in [2.24, 2.45) is 0 Å². The summed E-state index contributed by atoms with van der Waals surface area (Å²) in [5, 5.41) is 19.1. The van der Waals surface area contributed by atoms with Crippen LogP contribution in [0, 0.1) is 0 Å². The lowest BCUT2D eigenvalue weighted by molar-refractivity contribution is -0.134. The Morgan fingerprint density at radius 2 is 1.75 bits per heavy atom. The fraction of sp³-hybridized carbons (Fsp3) is 0.500. The van der Waals surface area contributed by atoms with Gasteiger partial charge in [0, 0.05) is 43.4 Å². The van der Waals surface area contributed by atoms with Gasteiger partial charge in [-0.15, -0.1) is 0 Å². The molecule has 5 N–H and O–H groups in total. The molecule has 1 saturated heterocycles. The number of carboxylic acids is 2. The van der Waals surface area contributed by atoms with Gasteiger partial charge in [-0.25, -0.2) is 9.59 Å². The minimum absolute atomic E-state index is 0.149.